The number of methoxy groups -OCH3 is 2. The molecule has 3 rings (SSSR count). The van der Waals surface area contributed by atoms with E-state index < -0.39 is 10.9 Å². The molecule has 0 atom stereocenters. The second kappa shape index (κ2) is 10.0. The minimum absolute atomic E-state index is 0.0677. The van der Waals surface area contributed by atoms with E-state index in [1.54, 1.807) is 31.2 Å². The lowest BCUT2D eigenvalue weighted by atomic mass is 10.1. The molecule has 0 aliphatic carbocycles. The first-order chi connectivity index (χ1) is 15.4. The van der Waals surface area contributed by atoms with Crippen molar-refractivity contribution in [2.24, 2.45) is 4.99 Å². The summed E-state index contributed by atoms with van der Waals surface area (Å²) in [4.78, 5) is 27.6. The number of thioether (sulfide) groups is 1. The maximum atomic E-state index is 12.5. The minimum atomic E-state index is -0.714. The summed E-state index contributed by atoms with van der Waals surface area (Å²) >= 11 is 1.08. The van der Waals surface area contributed by atoms with Gasteiger partial charge in [0.1, 0.15) is 16.4 Å². The number of esters is 1. The van der Waals surface area contributed by atoms with Gasteiger partial charge in [0.25, 0.3) is 5.69 Å². The molecule has 0 bridgehead atoms. The number of rotatable bonds is 7. The fraction of sp³-hybridized carbons (Fsp3) is 0.182. The molecule has 0 radical (unpaired) electrons. The zero-order chi connectivity index (χ0) is 23.3. The molecule has 9 nitrogen and oxygen atoms in total. The zero-order valence-corrected chi connectivity index (χ0v) is 18.3. The molecule has 2 aromatic rings. The Labute approximate surface area is 188 Å². The fourth-order valence-electron chi connectivity index (χ4n) is 2.85. The van der Waals surface area contributed by atoms with Crippen molar-refractivity contribution in [3.05, 3.63) is 74.4 Å². The van der Waals surface area contributed by atoms with Crippen LogP contribution in [-0.4, -0.2) is 41.9 Å². The Balaban J connectivity index is 2.02. The number of aliphatic hydroxyl groups excluding tert-OH is 1. The van der Waals surface area contributed by atoms with Crippen LogP contribution in [0, 0.1) is 10.1 Å². The average Bonchev–Trinajstić information content (AvgIpc) is 3.08. The van der Waals surface area contributed by atoms with Crippen LogP contribution in [0.4, 0.5) is 11.4 Å². The molecule has 166 valence electrons. The van der Waals surface area contributed by atoms with E-state index in [1.165, 1.54) is 38.5 Å². The van der Waals surface area contributed by atoms with Gasteiger partial charge in [0.15, 0.2) is 11.5 Å². The van der Waals surface area contributed by atoms with Crippen molar-refractivity contribution in [3.8, 4) is 11.5 Å². The standard InChI is InChI=1S/C22H20N2O7S/c1-4-31-22(26)19-20(25)18(12-13-5-10-16(29-2)17(11-13)30-3)32-21(19)23-14-6-8-15(9-7-14)24(27)28/h5-12,25H,4H2,1-3H3/b18-12-,23-21?. The van der Waals surface area contributed by atoms with Crippen LogP contribution in [0.1, 0.15) is 12.5 Å². The van der Waals surface area contributed by atoms with Gasteiger partial charge in [-0.2, -0.15) is 0 Å². The van der Waals surface area contributed by atoms with Crippen LogP contribution in [0.2, 0.25) is 0 Å². The van der Waals surface area contributed by atoms with Gasteiger partial charge in [0.2, 0.25) is 0 Å². The largest absolute Gasteiger partial charge is 0.506 e. The molecule has 0 amide bonds. The first kappa shape index (κ1) is 22.9. The van der Waals surface area contributed by atoms with Gasteiger partial charge in [0, 0.05) is 12.1 Å². The van der Waals surface area contributed by atoms with Gasteiger partial charge in [-0.05, 0) is 42.8 Å². The Morgan fingerprint density at radius 1 is 1.16 bits per heavy atom. The third-order valence-corrected chi connectivity index (χ3v) is 5.39. The molecule has 1 aliphatic heterocycles. The summed E-state index contributed by atoms with van der Waals surface area (Å²) in [6.45, 7) is 1.78. The van der Waals surface area contributed by atoms with Crippen molar-refractivity contribution in [2.45, 2.75) is 6.92 Å². The van der Waals surface area contributed by atoms with Gasteiger partial charge in [-0.1, -0.05) is 17.8 Å². The molecule has 0 unspecified atom stereocenters. The maximum Gasteiger partial charge on any atom is 0.344 e. The topological polar surface area (TPSA) is 120 Å². The fourth-order valence-corrected chi connectivity index (χ4v) is 3.89. The Hall–Kier alpha value is -3.79. The van der Waals surface area contributed by atoms with Gasteiger partial charge in [0.05, 0.1) is 36.3 Å². The molecule has 10 heteroatoms. The molecule has 1 N–H and O–H groups in total. The summed E-state index contributed by atoms with van der Waals surface area (Å²) in [7, 11) is 3.05. The number of carbonyl (C=O) groups excluding carboxylic acids is 1. The molecule has 32 heavy (non-hydrogen) atoms. The van der Waals surface area contributed by atoms with Crippen LogP contribution < -0.4 is 9.47 Å². The minimum Gasteiger partial charge on any atom is -0.506 e. The van der Waals surface area contributed by atoms with Crippen molar-refractivity contribution in [3.63, 3.8) is 0 Å². The molecular formula is C22H20N2O7S. The third-order valence-electron chi connectivity index (χ3n) is 4.37. The van der Waals surface area contributed by atoms with E-state index >= 15 is 0 Å². The van der Waals surface area contributed by atoms with E-state index in [-0.39, 0.29) is 28.7 Å². The zero-order valence-electron chi connectivity index (χ0n) is 17.5. The summed E-state index contributed by atoms with van der Waals surface area (Å²) < 4.78 is 15.6. The highest BCUT2D eigenvalue weighted by molar-refractivity contribution is 8.18. The molecular weight excluding hydrogens is 436 g/mol. The van der Waals surface area contributed by atoms with Gasteiger partial charge in [-0.25, -0.2) is 9.79 Å². The number of hydrogen-bond acceptors (Lipinski definition) is 9. The van der Waals surface area contributed by atoms with Crippen molar-refractivity contribution in [1.29, 1.82) is 0 Å². The number of nitrogens with zero attached hydrogens (tertiary/aromatic N) is 2. The van der Waals surface area contributed by atoms with Gasteiger partial charge in [-0.15, -0.1) is 0 Å². The summed E-state index contributed by atoms with van der Waals surface area (Å²) in [6.07, 6.45) is 1.68. The lowest BCUT2D eigenvalue weighted by Gasteiger charge is -2.08. The molecule has 1 aliphatic rings. The van der Waals surface area contributed by atoms with Gasteiger partial charge < -0.3 is 19.3 Å². The van der Waals surface area contributed by atoms with Crippen molar-refractivity contribution < 1.29 is 29.0 Å². The third kappa shape index (κ3) is 4.92. The molecule has 0 spiro atoms. The SMILES string of the molecule is CCOC(=O)C1=C(O)/C(=C/c2ccc(OC)c(OC)c2)SC1=Nc1ccc([N+](=O)[O-])cc1. The number of nitro benzene ring substituents is 1. The quantitative estimate of drug-likeness (QED) is 0.358. The number of carbonyl (C=O) groups is 1. The lowest BCUT2D eigenvalue weighted by molar-refractivity contribution is -0.384. The van der Waals surface area contributed by atoms with Crippen LogP contribution in [0.15, 0.2) is 63.7 Å². The number of ether oxygens (including phenoxy) is 3. The second-order valence-corrected chi connectivity index (χ2v) is 7.39. The van der Waals surface area contributed by atoms with E-state index in [0.717, 1.165) is 11.8 Å². The van der Waals surface area contributed by atoms with Crippen LogP contribution in [-0.2, 0) is 9.53 Å². The van der Waals surface area contributed by atoms with Crippen molar-refractivity contribution in [2.75, 3.05) is 20.8 Å². The summed E-state index contributed by atoms with van der Waals surface area (Å²) in [5.74, 6) is 0.0950. The highest BCUT2D eigenvalue weighted by Gasteiger charge is 2.33. The second-order valence-electron chi connectivity index (χ2n) is 6.36. The Bertz CT molecular complexity index is 1140. The van der Waals surface area contributed by atoms with Crippen LogP contribution in [0.3, 0.4) is 0 Å². The summed E-state index contributed by atoms with van der Waals surface area (Å²) in [6, 6.07) is 10.8. The summed E-state index contributed by atoms with van der Waals surface area (Å²) in [5, 5.41) is 21.8. The molecule has 1 heterocycles. The molecule has 0 saturated heterocycles. The Morgan fingerprint density at radius 3 is 2.44 bits per heavy atom. The first-order valence-electron chi connectivity index (χ1n) is 9.43. The molecule has 2 aromatic carbocycles. The van der Waals surface area contributed by atoms with Crippen molar-refractivity contribution in [1.82, 2.24) is 0 Å². The Morgan fingerprint density at radius 2 is 1.84 bits per heavy atom. The number of aliphatic hydroxyl groups is 1. The van der Waals surface area contributed by atoms with E-state index in [9.17, 15) is 20.0 Å². The monoisotopic (exact) mass is 456 g/mol. The molecule has 0 fully saturated rings. The predicted molar refractivity (Wildman–Crippen MR) is 122 cm³/mol. The maximum absolute atomic E-state index is 12.5. The predicted octanol–water partition coefficient (Wildman–Crippen LogP) is 4.81. The number of hydrogen-bond donors (Lipinski definition) is 1. The number of non-ortho nitro benzene ring substituents is 1. The highest BCUT2D eigenvalue weighted by atomic mass is 32.2. The van der Waals surface area contributed by atoms with Crippen LogP contribution in [0.5, 0.6) is 11.5 Å². The van der Waals surface area contributed by atoms with E-state index in [1.807, 2.05) is 0 Å². The summed E-state index contributed by atoms with van der Waals surface area (Å²) in [5.41, 5.74) is 0.949. The van der Waals surface area contributed by atoms with E-state index in [4.69, 9.17) is 14.2 Å². The molecule has 0 saturated carbocycles. The smallest absolute Gasteiger partial charge is 0.344 e. The first-order valence-corrected chi connectivity index (χ1v) is 10.2. The Kier molecular flexibility index (Phi) is 7.16. The lowest BCUT2D eigenvalue weighted by Crippen LogP contribution is -2.12. The van der Waals surface area contributed by atoms with Crippen molar-refractivity contribution >= 4 is 40.2 Å². The van der Waals surface area contributed by atoms with Crippen LogP contribution in [0.25, 0.3) is 6.08 Å². The average molecular weight is 456 g/mol. The molecule has 0 aromatic heterocycles. The van der Waals surface area contributed by atoms with Gasteiger partial charge in [-0.3, -0.25) is 10.1 Å². The number of nitro groups is 1. The number of aliphatic imine (C=N–C) groups is 1. The highest BCUT2D eigenvalue weighted by Crippen LogP contribution is 2.41. The number of benzene rings is 2. The normalized spacial score (nSPS) is 15.8. The van der Waals surface area contributed by atoms with E-state index in [0.29, 0.717) is 27.7 Å². The van der Waals surface area contributed by atoms with Crippen LogP contribution >= 0.6 is 11.8 Å². The van der Waals surface area contributed by atoms with E-state index in [2.05, 4.69) is 4.99 Å². The van der Waals surface area contributed by atoms with Gasteiger partial charge >= 0.3 is 5.97 Å².